The summed E-state index contributed by atoms with van der Waals surface area (Å²) < 4.78 is 0. The molecule has 128 valence electrons. The SMILES string of the molecule is C[C@H](NC(=O)[C@H](C)N(C)Cc1ccccc1)C(=O)NC(C)(C)C. The van der Waals surface area contributed by atoms with Crippen molar-refractivity contribution in [3.05, 3.63) is 35.9 Å². The van der Waals surface area contributed by atoms with Gasteiger partial charge in [0.1, 0.15) is 6.04 Å². The molecule has 1 rings (SSSR count). The summed E-state index contributed by atoms with van der Waals surface area (Å²) in [5.74, 6) is -0.330. The Morgan fingerprint density at radius 3 is 2.17 bits per heavy atom. The molecule has 0 heterocycles. The predicted molar refractivity (Wildman–Crippen MR) is 92.9 cm³/mol. The van der Waals surface area contributed by atoms with Gasteiger partial charge in [0.25, 0.3) is 0 Å². The van der Waals surface area contributed by atoms with Gasteiger partial charge >= 0.3 is 0 Å². The predicted octanol–water partition coefficient (Wildman–Crippen LogP) is 1.93. The monoisotopic (exact) mass is 319 g/mol. The first-order valence-corrected chi connectivity index (χ1v) is 7.96. The summed E-state index contributed by atoms with van der Waals surface area (Å²) in [4.78, 5) is 26.3. The average molecular weight is 319 g/mol. The van der Waals surface area contributed by atoms with E-state index in [1.807, 2.05) is 70.0 Å². The maximum Gasteiger partial charge on any atom is 0.242 e. The van der Waals surface area contributed by atoms with E-state index in [9.17, 15) is 9.59 Å². The third-order valence-corrected chi connectivity index (χ3v) is 3.57. The molecule has 23 heavy (non-hydrogen) atoms. The van der Waals surface area contributed by atoms with Gasteiger partial charge < -0.3 is 10.6 Å². The van der Waals surface area contributed by atoms with Crippen molar-refractivity contribution in [3.8, 4) is 0 Å². The minimum Gasteiger partial charge on any atom is -0.350 e. The van der Waals surface area contributed by atoms with Crippen LogP contribution in [0.25, 0.3) is 0 Å². The molecule has 0 unspecified atom stereocenters. The lowest BCUT2D eigenvalue weighted by atomic mass is 10.1. The van der Waals surface area contributed by atoms with Gasteiger partial charge in [-0.05, 0) is 47.2 Å². The second-order valence-electron chi connectivity index (χ2n) is 7.05. The Morgan fingerprint density at radius 1 is 1.09 bits per heavy atom. The normalized spacial score (nSPS) is 14.2. The van der Waals surface area contributed by atoms with Crippen molar-refractivity contribution in [2.24, 2.45) is 0 Å². The zero-order chi connectivity index (χ0) is 17.6. The van der Waals surface area contributed by atoms with Crippen LogP contribution in [0.1, 0.15) is 40.2 Å². The number of benzene rings is 1. The number of hydrogen-bond donors (Lipinski definition) is 2. The van der Waals surface area contributed by atoms with Crippen molar-refractivity contribution in [2.75, 3.05) is 7.05 Å². The van der Waals surface area contributed by atoms with Crippen LogP contribution in [0, 0.1) is 0 Å². The molecule has 1 aromatic rings. The van der Waals surface area contributed by atoms with Crippen molar-refractivity contribution >= 4 is 11.8 Å². The molecule has 0 aliphatic rings. The quantitative estimate of drug-likeness (QED) is 0.842. The highest BCUT2D eigenvalue weighted by atomic mass is 16.2. The average Bonchev–Trinajstić information content (AvgIpc) is 2.45. The molecule has 0 fully saturated rings. The van der Waals surface area contributed by atoms with Gasteiger partial charge in [0.15, 0.2) is 0 Å². The van der Waals surface area contributed by atoms with Crippen LogP contribution in [0.5, 0.6) is 0 Å². The molecule has 2 N–H and O–H groups in total. The lowest BCUT2D eigenvalue weighted by Gasteiger charge is -2.27. The molecule has 0 radical (unpaired) electrons. The molecule has 0 saturated carbocycles. The van der Waals surface area contributed by atoms with E-state index in [0.717, 1.165) is 5.56 Å². The van der Waals surface area contributed by atoms with Crippen LogP contribution in [0.4, 0.5) is 0 Å². The third-order valence-electron chi connectivity index (χ3n) is 3.57. The smallest absolute Gasteiger partial charge is 0.242 e. The number of hydrogen-bond acceptors (Lipinski definition) is 3. The largest absolute Gasteiger partial charge is 0.350 e. The van der Waals surface area contributed by atoms with Gasteiger partial charge in [-0.1, -0.05) is 30.3 Å². The Morgan fingerprint density at radius 2 is 1.65 bits per heavy atom. The van der Waals surface area contributed by atoms with Gasteiger partial charge in [0.2, 0.25) is 11.8 Å². The molecule has 0 aromatic heterocycles. The van der Waals surface area contributed by atoms with Crippen LogP contribution in [0.15, 0.2) is 30.3 Å². The van der Waals surface area contributed by atoms with Crippen molar-refractivity contribution in [3.63, 3.8) is 0 Å². The number of amides is 2. The van der Waals surface area contributed by atoms with E-state index in [1.165, 1.54) is 0 Å². The summed E-state index contributed by atoms with van der Waals surface area (Å²) in [6.07, 6.45) is 0. The fraction of sp³-hybridized carbons (Fsp3) is 0.556. The molecule has 2 amide bonds. The van der Waals surface area contributed by atoms with Crippen LogP contribution < -0.4 is 10.6 Å². The van der Waals surface area contributed by atoms with Crippen LogP contribution in [0.3, 0.4) is 0 Å². The maximum absolute atomic E-state index is 12.3. The Kier molecular flexibility index (Phi) is 6.76. The summed E-state index contributed by atoms with van der Waals surface area (Å²) in [5.41, 5.74) is 0.833. The summed E-state index contributed by atoms with van der Waals surface area (Å²) >= 11 is 0. The topological polar surface area (TPSA) is 61.4 Å². The van der Waals surface area contributed by atoms with Crippen molar-refractivity contribution < 1.29 is 9.59 Å². The minimum atomic E-state index is -0.561. The van der Waals surface area contributed by atoms with E-state index >= 15 is 0 Å². The van der Waals surface area contributed by atoms with Crippen LogP contribution >= 0.6 is 0 Å². The lowest BCUT2D eigenvalue weighted by Crippen LogP contribution is -2.53. The fourth-order valence-electron chi connectivity index (χ4n) is 2.09. The van der Waals surface area contributed by atoms with E-state index in [2.05, 4.69) is 10.6 Å². The van der Waals surface area contributed by atoms with Gasteiger partial charge in [-0.2, -0.15) is 0 Å². The first-order chi connectivity index (χ1) is 10.6. The maximum atomic E-state index is 12.3. The van der Waals surface area contributed by atoms with Crippen molar-refractivity contribution in [1.82, 2.24) is 15.5 Å². The Hall–Kier alpha value is -1.88. The molecule has 1 aromatic carbocycles. The van der Waals surface area contributed by atoms with Crippen molar-refractivity contribution in [1.29, 1.82) is 0 Å². The molecule has 5 heteroatoms. The molecule has 0 saturated heterocycles. The van der Waals surface area contributed by atoms with Gasteiger partial charge in [-0.3, -0.25) is 14.5 Å². The molecule has 0 aliphatic heterocycles. The molecule has 0 spiro atoms. The van der Waals surface area contributed by atoms with E-state index in [1.54, 1.807) is 6.92 Å². The van der Waals surface area contributed by atoms with Crippen LogP contribution in [-0.2, 0) is 16.1 Å². The minimum absolute atomic E-state index is 0.153. The Labute approximate surface area is 139 Å². The standard InChI is InChI=1S/C18H29N3O2/c1-13(16(22)20-18(3,4)5)19-17(23)14(2)21(6)12-15-10-8-7-9-11-15/h7-11,13-14H,12H2,1-6H3,(H,19,23)(H,20,22)/t13-,14-/m0/s1. The Bertz CT molecular complexity index is 523. The van der Waals surface area contributed by atoms with Crippen molar-refractivity contribution in [2.45, 2.75) is 58.8 Å². The Balaban J connectivity index is 2.54. The highest BCUT2D eigenvalue weighted by Gasteiger charge is 2.24. The number of likely N-dealkylation sites (N-methyl/N-ethyl adjacent to an activating group) is 1. The van der Waals surface area contributed by atoms with Gasteiger partial charge in [0.05, 0.1) is 6.04 Å². The number of carbonyl (C=O) groups excluding carboxylic acids is 2. The number of carbonyl (C=O) groups is 2. The highest BCUT2D eigenvalue weighted by molar-refractivity contribution is 5.89. The summed E-state index contributed by atoms with van der Waals surface area (Å²) in [6.45, 7) is 9.95. The van der Waals surface area contributed by atoms with E-state index < -0.39 is 6.04 Å². The number of rotatable bonds is 6. The molecular weight excluding hydrogens is 290 g/mol. The summed E-state index contributed by atoms with van der Waals surface area (Å²) in [5, 5.41) is 5.64. The van der Waals surface area contributed by atoms with Crippen LogP contribution in [-0.4, -0.2) is 41.4 Å². The molecule has 5 nitrogen and oxygen atoms in total. The van der Waals surface area contributed by atoms with E-state index in [4.69, 9.17) is 0 Å². The molecule has 0 aliphatic carbocycles. The first kappa shape index (κ1) is 19.2. The third kappa shape index (κ3) is 6.82. The summed E-state index contributed by atoms with van der Waals surface area (Å²) in [6, 6.07) is 9.10. The fourth-order valence-corrected chi connectivity index (χ4v) is 2.09. The molecule has 2 atom stereocenters. The zero-order valence-corrected chi connectivity index (χ0v) is 15.0. The van der Waals surface area contributed by atoms with Gasteiger partial charge in [-0.15, -0.1) is 0 Å². The second kappa shape index (κ2) is 8.11. The van der Waals surface area contributed by atoms with Gasteiger partial charge in [0, 0.05) is 12.1 Å². The highest BCUT2D eigenvalue weighted by Crippen LogP contribution is 2.06. The zero-order valence-electron chi connectivity index (χ0n) is 15.0. The van der Waals surface area contributed by atoms with Crippen LogP contribution in [0.2, 0.25) is 0 Å². The second-order valence-corrected chi connectivity index (χ2v) is 7.05. The van der Waals surface area contributed by atoms with E-state index in [0.29, 0.717) is 6.54 Å². The number of nitrogens with zero attached hydrogens (tertiary/aromatic N) is 1. The first-order valence-electron chi connectivity index (χ1n) is 7.96. The molecular formula is C18H29N3O2. The summed E-state index contributed by atoms with van der Waals surface area (Å²) in [7, 11) is 1.90. The molecule has 0 bridgehead atoms. The lowest BCUT2D eigenvalue weighted by molar-refractivity contribution is -0.131. The van der Waals surface area contributed by atoms with Gasteiger partial charge in [-0.25, -0.2) is 0 Å². The van der Waals surface area contributed by atoms with E-state index in [-0.39, 0.29) is 23.4 Å². The number of nitrogens with one attached hydrogen (secondary N) is 2.